The Kier molecular flexibility index (Phi) is 9.92. The predicted octanol–water partition coefficient (Wildman–Crippen LogP) is 0.968. The number of thiophene rings is 1. The summed E-state index contributed by atoms with van der Waals surface area (Å²) < 4.78 is 28.1. The molecule has 0 aliphatic heterocycles. The molecular weight excluding hydrogens is 511 g/mol. The Hall–Kier alpha value is -2.38. The first-order chi connectivity index (χ1) is 15.5. The zero-order valence-corrected chi connectivity index (χ0v) is 20.5. The fourth-order valence-electron chi connectivity index (χ4n) is 2.85. The monoisotopic (exact) mass is 534 g/mol. The first-order valence-electron chi connectivity index (χ1n) is 9.65. The van der Waals surface area contributed by atoms with E-state index in [9.17, 15) is 18.0 Å². The van der Waals surface area contributed by atoms with E-state index in [0.29, 0.717) is 0 Å². The highest BCUT2D eigenvalue weighted by Crippen LogP contribution is 2.34. The van der Waals surface area contributed by atoms with Crippen LogP contribution in [0.1, 0.15) is 18.4 Å². The second kappa shape index (κ2) is 12.2. The highest BCUT2D eigenvalue weighted by atomic mass is 35.5. The minimum Gasteiger partial charge on any atom is -0.370 e. The van der Waals surface area contributed by atoms with Gasteiger partial charge in [0.2, 0.25) is 21.8 Å². The van der Waals surface area contributed by atoms with Crippen LogP contribution in [0.25, 0.3) is 0 Å². The molecule has 0 aliphatic carbocycles. The number of nitrogens with one attached hydrogen (secondary N) is 2. The van der Waals surface area contributed by atoms with Gasteiger partial charge in [0.05, 0.1) is 4.34 Å². The summed E-state index contributed by atoms with van der Waals surface area (Å²) in [5.41, 5.74) is 16.8. The van der Waals surface area contributed by atoms with Crippen LogP contribution in [0.4, 0.5) is 0 Å². The molecule has 2 amide bonds. The lowest BCUT2D eigenvalue weighted by Crippen LogP contribution is -2.53. The minimum absolute atomic E-state index is 0.0359. The van der Waals surface area contributed by atoms with Crippen LogP contribution in [-0.2, 0) is 26.0 Å². The lowest BCUT2D eigenvalue weighted by molar-refractivity contribution is -0.128. The number of primary amides is 1. The van der Waals surface area contributed by atoms with Gasteiger partial charge < -0.3 is 22.5 Å². The van der Waals surface area contributed by atoms with Crippen molar-refractivity contribution in [2.45, 2.75) is 36.2 Å². The number of amides is 2. The van der Waals surface area contributed by atoms with Crippen molar-refractivity contribution in [3.05, 3.63) is 50.6 Å². The van der Waals surface area contributed by atoms with Crippen molar-refractivity contribution in [3.63, 3.8) is 0 Å². The molecule has 0 fully saturated rings. The van der Waals surface area contributed by atoms with Gasteiger partial charge >= 0.3 is 0 Å². The van der Waals surface area contributed by atoms with E-state index in [-0.39, 0.29) is 45.3 Å². The molecule has 0 unspecified atom stereocenters. The van der Waals surface area contributed by atoms with Gasteiger partial charge in [-0.15, -0.1) is 11.3 Å². The molecule has 0 bridgehead atoms. The molecule has 10 nitrogen and oxygen atoms in total. The fraction of sp³-hybridized carbons (Fsp3) is 0.316. The molecule has 0 radical (unpaired) electrons. The van der Waals surface area contributed by atoms with E-state index < -0.39 is 33.9 Å². The van der Waals surface area contributed by atoms with Crippen molar-refractivity contribution in [3.8, 4) is 0 Å². The van der Waals surface area contributed by atoms with Crippen LogP contribution in [0.3, 0.4) is 0 Å². The maximum absolute atomic E-state index is 13.0. The smallest absolute Gasteiger partial charge is 0.243 e. The Bertz CT molecular complexity index is 1100. The number of nitrogens with zero attached hydrogens (tertiary/aromatic N) is 1. The molecule has 0 saturated heterocycles. The van der Waals surface area contributed by atoms with Gasteiger partial charge in [0, 0.05) is 13.0 Å². The zero-order valence-electron chi connectivity index (χ0n) is 17.3. The van der Waals surface area contributed by atoms with E-state index in [4.69, 9.17) is 40.4 Å². The Labute approximate surface area is 205 Å². The third-order valence-electron chi connectivity index (χ3n) is 4.42. The molecule has 1 heterocycles. The third kappa shape index (κ3) is 8.48. The SMILES string of the molecule is NC(=O)[C@H](Cc1ccccc1)NC(=O)[C@H](CCCN=C(N)N)NS(=O)(=O)c1cc(Cl)sc1Cl. The molecule has 0 spiro atoms. The molecule has 14 heteroatoms. The highest BCUT2D eigenvalue weighted by molar-refractivity contribution is 7.89. The summed E-state index contributed by atoms with van der Waals surface area (Å²) in [6, 6.07) is 7.81. The van der Waals surface area contributed by atoms with Gasteiger partial charge in [-0.05, 0) is 24.5 Å². The Balaban J connectivity index is 2.21. The van der Waals surface area contributed by atoms with Gasteiger partial charge in [0.1, 0.15) is 21.3 Å². The first-order valence-corrected chi connectivity index (χ1v) is 12.7. The van der Waals surface area contributed by atoms with Crippen molar-refractivity contribution in [1.29, 1.82) is 0 Å². The van der Waals surface area contributed by atoms with Crippen molar-refractivity contribution in [2.75, 3.05) is 6.54 Å². The summed E-state index contributed by atoms with van der Waals surface area (Å²) in [4.78, 5) is 28.5. The predicted molar refractivity (Wildman–Crippen MR) is 130 cm³/mol. The summed E-state index contributed by atoms with van der Waals surface area (Å²) in [5.74, 6) is -1.63. The van der Waals surface area contributed by atoms with E-state index in [1.807, 2.05) is 6.07 Å². The Morgan fingerprint density at radius 3 is 2.30 bits per heavy atom. The van der Waals surface area contributed by atoms with Gasteiger partial charge in [0.25, 0.3) is 0 Å². The molecule has 2 rings (SSSR count). The Morgan fingerprint density at radius 2 is 1.76 bits per heavy atom. The molecule has 1 aromatic carbocycles. The van der Waals surface area contributed by atoms with E-state index in [1.165, 1.54) is 6.07 Å². The highest BCUT2D eigenvalue weighted by Gasteiger charge is 2.30. The number of hydrogen-bond acceptors (Lipinski definition) is 6. The molecule has 2 aromatic rings. The van der Waals surface area contributed by atoms with Crippen LogP contribution in [0.15, 0.2) is 46.3 Å². The largest absolute Gasteiger partial charge is 0.370 e. The zero-order chi connectivity index (χ0) is 24.6. The van der Waals surface area contributed by atoms with Crippen molar-refractivity contribution < 1.29 is 18.0 Å². The maximum Gasteiger partial charge on any atom is 0.243 e. The summed E-state index contributed by atoms with van der Waals surface area (Å²) in [7, 11) is -4.20. The normalized spacial score (nSPS) is 13.2. The quantitative estimate of drug-likeness (QED) is 0.153. The van der Waals surface area contributed by atoms with Crippen molar-refractivity contribution in [2.24, 2.45) is 22.2 Å². The molecule has 33 heavy (non-hydrogen) atoms. The van der Waals surface area contributed by atoms with Crippen LogP contribution in [0.5, 0.6) is 0 Å². The van der Waals surface area contributed by atoms with Gasteiger partial charge in [-0.25, -0.2) is 8.42 Å². The first kappa shape index (κ1) is 26.9. The summed E-state index contributed by atoms with van der Waals surface area (Å²) in [6.07, 6.45) is 0.450. The molecule has 8 N–H and O–H groups in total. The molecule has 0 aliphatic rings. The van der Waals surface area contributed by atoms with E-state index in [1.54, 1.807) is 24.3 Å². The number of guanidine groups is 1. The van der Waals surface area contributed by atoms with Crippen LogP contribution >= 0.6 is 34.5 Å². The fourth-order valence-corrected chi connectivity index (χ4v) is 6.23. The summed E-state index contributed by atoms with van der Waals surface area (Å²) in [6.45, 7) is 0.169. The summed E-state index contributed by atoms with van der Waals surface area (Å²) >= 11 is 12.7. The standard InChI is InChI=1S/C19H24Cl2N6O4S2/c20-15-10-14(16(21)32-15)33(30,31)27-12(7-4-8-25-19(23)24)18(29)26-13(17(22)28)9-11-5-2-1-3-6-11/h1-3,5-6,10,12-13,27H,4,7-9H2,(H2,22,28)(H,26,29)(H4,23,24,25)/t12-,13-/m0/s1. The third-order valence-corrected chi connectivity index (χ3v) is 7.64. The number of hydrogen-bond donors (Lipinski definition) is 5. The number of aliphatic imine (C=N–C) groups is 1. The lowest BCUT2D eigenvalue weighted by atomic mass is 10.0. The molecule has 0 saturated carbocycles. The number of sulfonamides is 1. The second-order valence-corrected chi connectivity index (χ2v) is 10.9. The number of nitrogens with two attached hydrogens (primary N) is 3. The average Bonchev–Trinajstić information content (AvgIpc) is 3.09. The number of benzene rings is 1. The van der Waals surface area contributed by atoms with E-state index in [0.717, 1.165) is 16.9 Å². The minimum atomic E-state index is -4.20. The lowest BCUT2D eigenvalue weighted by Gasteiger charge is -2.22. The van der Waals surface area contributed by atoms with Crippen molar-refractivity contribution in [1.82, 2.24) is 10.0 Å². The van der Waals surface area contributed by atoms with Crippen LogP contribution in [0.2, 0.25) is 8.67 Å². The maximum atomic E-state index is 13.0. The van der Waals surface area contributed by atoms with Crippen molar-refractivity contribution >= 4 is 62.3 Å². The summed E-state index contributed by atoms with van der Waals surface area (Å²) in [5, 5.41) is 2.53. The van der Waals surface area contributed by atoms with E-state index in [2.05, 4.69) is 15.0 Å². The average molecular weight is 535 g/mol. The number of carbonyl (C=O) groups excluding carboxylic acids is 2. The number of rotatable bonds is 12. The second-order valence-electron chi connectivity index (χ2n) is 6.96. The van der Waals surface area contributed by atoms with Gasteiger partial charge in [-0.1, -0.05) is 53.5 Å². The van der Waals surface area contributed by atoms with Crippen LogP contribution in [0, 0.1) is 0 Å². The van der Waals surface area contributed by atoms with Gasteiger partial charge in [0.15, 0.2) is 5.96 Å². The van der Waals surface area contributed by atoms with Crippen LogP contribution < -0.4 is 27.2 Å². The Morgan fingerprint density at radius 1 is 1.09 bits per heavy atom. The molecular formula is C19H24Cl2N6O4S2. The number of halogens is 2. The van der Waals surface area contributed by atoms with Gasteiger partial charge in [-0.3, -0.25) is 14.6 Å². The number of carbonyl (C=O) groups is 2. The molecule has 180 valence electrons. The molecule has 2 atom stereocenters. The topological polar surface area (TPSA) is 183 Å². The van der Waals surface area contributed by atoms with Crippen LogP contribution in [-0.4, -0.2) is 44.8 Å². The molecule has 1 aromatic heterocycles. The van der Waals surface area contributed by atoms with E-state index >= 15 is 0 Å². The van der Waals surface area contributed by atoms with Gasteiger partial charge in [-0.2, -0.15) is 4.72 Å².